The van der Waals surface area contributed by atoms with E-state index >= 15 is 0 Å². The minimum absolute atomic E-state index is 0.0462. The van der Waals surface area contributed by atoms with Crippen LogP contribution in [-0.2, 0) is 4.79 Å². The average Bonchev–Trinajstić information content (AvgIpc) is 2.61. The van der Waals surface area contributed by atoms with Gasteiger partial charge in [-0.05, 0) is 61.5 Å². The second kappa shape index (κ2) is 9.17. The third kappa shape index (κ3) is 5.72. The lowest BCUT2D eigenvalue weighted by molar-refractivity contribution is -0.123. The molecule has 6 nitrogen and oxygen atoms in total. The third-order valence-electron chi connectivity index (χ3n) is 3.54. The summed E-state index contributed by atoms with van der Waals surface area (Å²) in [4.78, 5) is 23.8. The number of halogens is 1. The molecule has 0 saturated heterocycles. The lowest BCUT2D eigenvalue weighted by Crippen LogP contribution is -2.49. The smallest absolute Gasteiger partial charge is 0.276 e. The van der Waals surface area contributed by atoms with E-state index in [1.165, 1.54) is 6.07 Å². The Morgan fingerprint density at radius 2 is 1.85 bits per heavy atom. The Morgan fingerprint density at radius 1 is 1.12 bits per heavy atom. The van der Waals surface area contributed by atoms with E-state index in [9.17, 15) is 9.59 Å². The average molecular weight is 392 g/mol. The van der Waals surface area contributed by atoms with Crippen molar-refractivity contribution in [1.82, 2.24) is 16.2 Å². The van der Waals surface area contributed by atoms with Gasteiger partial charge in [-0.15, -0.1) is 0 Å². The topological polar surface area (TPSA) is 79.5 Å². The molecule has 26 heavy (non-hydrogen) atoms. The molecule has 0 bridgehead atoms. The van der Waals surface area contributed by atoms with E-state index in [1.807, 2.05) is 26.0 Å². The first kappa shape index (κ1) is 19.7. The molecule has 136 valence electrons. The van der Waals surface area contributed by atoms with Crippen molar-refractivity contribution >= 4 is 40.7 Å². The first-order valence-electron chi connectivity index (χ1n) is 7.71. The lowest BCUT2D eigenvalue weighted by Gasteiger charge is -2.13. The summed E-state index contributed by atoms with van der Waals surface area (Å²) >= 11 is 10.8. The van der Waals surface area contributed by atoms with Gasteiger partial charge in [0.2, 0.25) is 0 Å². The number of benzene rings is 2. The normalized spacial score (nSPS) is 9.96. The van der Waals surface area contributed by atoms with Crippen LogP contribution in [0.1, 0.15) is 21.5 Å². The maximum Gasteiger partial charge on any atom is 0.276 e. The summed E-state index contributed by atoms with van der Waals surface area (Å²) in [6.45, 7) is 3.69. The number of carbonyl (C=O) groups is 2. The number of carbonyl (C=O) groups excluding carboxylic acids is 2. The van der Waals surface area contributed by atoms with Gasteiger partial charge in [-0.2, -0.15) is 0 Å². The highest BCUT2D eigenvalue weighted by atomic mass is 35.5. The van der Waals surface area contributed by atoms with E-state index in [4.69, 9.17) is 28.6 Å². The molecule has 0 spiro atoms. The molecule has 0 saturated carbocycles. The van der Waals surface area contributed by atoms with Crippen LogP contribution in [0.3, 0.4) is 0 Å². The number of thiocarbonyl (C=S) groups is 1. The second-order valence-corrected chi connectivity index (χ2v) is 6.30. The molecule has 0 aliphatic heterocycles. The van der Waals surface area contributed by atoms with Crippen molar-refractivity contribution in [1.29, 1.82) is 0 Å². The number of aryl methyl sites for hydroxylation is 1. The molecular weight excluding hydrogens is 374 g/mol. The fourth-order valence-corrected chi connectivity index (χ4v) is 2.36. The summed E-state index contributed by atoms with van der Waals surface area (Å²) < 4.78 is 5.48. The summed E-state index contributed by atoms with van der Waals surface area (Å²) in [7, 11) is 0. The molecule has 0 unspecified atom stereocenters. The zero-order valence-corrected chi connectivity index (χ0v) is 15.8. The van der Waals surface area contributed by atoms with Crippen LogP contribution in [0.4, 0.5) is 0 Å². The van der Waals surface area contributed by atoms with Gasteiger partial charge >= 0.3 is 0 Å². The highest BCUT2D eigenvalue weighted by Gasteiger charge is 2.10. The fourth-order valence-electron chi connectivity index (χ4n) is 2.02. The first-order chi connectivity index (χ1) is 12.4. The number of rotatable bonds is 4. The molecule has 0 aromatic heterocycles. The van der Waals surface area contributed by atoms with Gasteiger partial charge in [-0.3, -0.25) is 25.8 Å². The Hall–Kier alpha value is -2.64. The van der Waals surface area contributed by atoms with Crippen LogP contribution in [-0.4, -0.2) is 23.5 Å². The standard InChI is InChI=1S/C18H18ClN3O3S/c1-11-5-3-8-15(12(11)2)25-10-16(23)21-22-18(26)20-17(24)13-6-4-7-14(19)9-13/h3-9H,10H2,1-2H3,(H,21,23)(H2,20,22,24,26). The van der Waals surface area contributed by atoms with Gasteiger partial charge in [-0.1, -0.05) is 29.8 Å². The summed E-state index contributed by atoms with van der Waals surface area (Å²) in [6.07, 6.45) is 0. The number of nitrogens with one attached hydrogen (secondary N) is 3. The van der Waals surface area contributed by atoms with Crippen LogP contribution < -0.4 is 20.9 Å². The third-order valence-corrected chi connectivity index (χ3v) is 3.98. The van der Waals surface area contributed by atoms with E-state index in [1.54, 1.807) is 24.3 Å². The van der Waals surface area contributed by atoms with E-state index in [0.717, 1.165) is 11.1 Å². The quantitative estimate of drug-likeness (QED) is 0.551. The molecular formula is C18H18ClN3O3S. The number of amides is 2. The molecule has 0 radical (unpaired) electrons. The predicted molar refractivity (Wildman–Crippen MR) is 104 cm³/mol. The van der Waals surface area contributed by atoms with Crippen LogP contribution in [0.2, 0.25) is 5.02 Å². The maximum atomic E-state index is 12.0. The van der Waals surface area contributed by atoms with Crippen LogP contribution in [0, 0.1) is 13.8 Å². The molecule has 0 aliphatic rings. The van der Waals surface area contributed by atoms with Gasteiger partial charge in [0, 0.05) is 10.6 Å². The first-order valence-corrected chi connectivity index (χ1v) is 8.50. The Bertz CT molecular complexity index is 842. The number of hydrazine groups is 1. The Morgan fingerprint density at radius 3 is 2.58 bits per heavy atom. The van der Waals surface area contributed by atoms with Crippen molar-refractivity contribution < 1.29 is 14.3 Å². The SMILES string of the molecule is Cc1cccc(OCC(=O)NNC(=S)NC(=O)c2cccc(Cl)c2)c1C. The molecule has 3 N–H and O–H groups in total. The largest absolute Gasteiger partial charge is 0.483 e. The minimum Gasteiger partial charge on any atom is -0.483 e. The zero-order chi connectivity index (χ0) is 19.1. The Balaban J connectivity index is 1.77. The molecule has 0 fully saturated rings. The molecule has 0 heterocycles. The highest BCUT2D eigenvalue weighted by molar-refractivity contribution is 7.80. The number of hydrogen-bond donors (Lipinski definition) is 3. The monoisotopic (exact) mass is 391 g/mol. The second-order valence-electron chi connectivity index (χ2n) is 5.45. The van der Waals surface area contributed by atoms with Crippen LogP contribution >= 0.6 is 23.8 Å². The van der Waals surface area contributed by atoms with Gasteiger partial charge in [-0.25, -0.2) is 0 Å². The van der Waals surface area contributed by atoms with E-state index in [-0.39, 0.29) is 11.7 Å². The van der Waals surface area contributed by atoms with Gasteiger partial charge in [0.1, 0.15) is 5.75 Å². The van der Waals surface area contributed by atoms with Crippen molar-refractivity contribution in [3.63, 3.8) is 0 Å². The van der Waals surface area contributed by atoms with E-state index in [0.29, 0.717) is 16.3 Å². The van der Waals surface area contributed by atoms with Gasteiger partial charge in [0.15, 0.2) is 11.7 Å². The van der Waals surface area contributed by atoms with Crippen molar-refractivity contribution in [2.45, 2.75) is 13.8 Å². The van der Waals surface area contributed by atoms with Crippen molar-refractivity contribution in [2.75, 3.05) is 6.61 Å². The summed E-state index contributed by atoms with van der Waals surface area (Å²) in [5, 5.41) is 2.83. The lowest BCUT2D eigenvalue weighted by atomic mass is 10.1. The van der Waals surface area contributed by atoms with Crippen LogP contribution in [0.5, 0.6) is 5.75 Å². The van der Waals surface area contributed by atoms with Crippen LogP contribution in [0.25, 0.3) is 0 Å². The summed E-state index contributed by atoms with van der Waals surface area (Å²) in [5.74, 6) is -0.242. The molecule has 0 aliphatic carbocycles. The molecule has 2 aromatic rings. The molecule has 2 amide bonds. The predicted octanol–water partition coefficient (Wildman–Crippen LogP) is 2.67. The van der Waals surface area contributed by atoms with E-state index < -0.39 is 11.8 Å². The van der Waals surface area contributed by atoms with E-state index in [2.05, 4.69) is 16.2 Å². The fraction of sp³-hybridized carbons (Fsp3) is 0.167. The zero-order valence-electron chi connectivity index (χ0n) is 14.3. The number of hydrogen-bond acceptors (Lipinski definition) is 4. The van der Waals surface area contributed by atoms with Crippen molar-refractivity contribution in [3.8, 4) is 5.75 Å². The van der Waals surface area contributed by atoms with Crippen LogP contribution in [0.15, 0.2) is 42.5 Å². The van der Waals surface area contributed by atoms with Gasteiger partial charge < -0.3 is 4.74 Å². The molecule has 2 aromatic carbocycles. The Kier molecular flexibility index (Phi) is 6.94. The van der Waals surface area contributed by atoms with Gasteiger partial charge in [0.25, 0.3) is 11.8 Å². The van der Waals surface area contributed by atoms with Gasteiger partial charge in [0.05, 0.1) is 0 Å². The molecule has 8 heteroatoms. The van der Waals surface area contributed by atoms with Crippen molar-refractivity contribution in [3.05, 3.63) is 64.2 Å². The summed E-state index contributed by atoms with van der Waals surface area (Å²) in [5.41, 5.74) is 7.20. The minimum atomic E-state index is -0.440. The molecule has 2 rings (SSSR count). The summed E-state index contributed by atoms with van der Waals surface area (Å²) in [6, 6.07) is 12.0. The van der Waals surface area contributed by atoms with Crippen molar-refractivity contribution in [2.24, 2.45) is 0 Å². The Labute approximate surface area is 161 Å². The highest BCUT2D eigenvalue weighted by Crippen LogP contribution is 2.20. The molecule has 0 atom stereocenters. The number of ether oxygens (including phenoxy) is 1. The maximum absolute atomic E-state index is 12.0.